The van der Waals surface area contributed by atoms with Crippen LogP contribution in [0, 0.1) is 13.8 Å². The molecule has 2 aromatic heterocycles. The summed E-state index contributed by atoms with van der Waals surface area (Å²) in [5.41, 5.74) is 9.12. The summed E-state index contributed by atoms with van der Waals surface area (Å²) >= 11 is 0. The van der Waals surface area contributed by atoms with Crippen LogP contribution in [-0.2, 0) is 11.2 Å². The summed E-state index contributed by atoms with van der Waals surface area (Å²) in [6.07, 6.45) is 0.234. The van der Waals surface area contributed by atoms with Gasteiger partial charge in [0, 0.05) is 17.0 Å². The highest BCUT2D eigenvalue weighted by molar-refractivity contribution is 5.79. The van der Waals surface area contributed by atoms with Crippen LogP contribution in [0.25, 0.3) is 5.78 Å². The van der Waals surface area contributed by atoms with Gasteiger partial charge < -0.3 is 11.1 Å². The Morgan fingerprint density at radius 2 is 1.96 bits per heavy atom. The maximum absolute atomic E-state index is 12.4. The Morgan fingerprint density at radius 3 is 2.67 bits per heavy atom. The summed E-state index contributed by atoms with van der Waals surface area (Å²) in [5.74, 6) is 0.556. The highest BCUT2D eigenvalue weighted by Gasteiger charge is 2.16. The molecule has 0 aliphatic carbocycles. The predicted octanol–water partition coefficient (Wildman–Crippen LogP) is 1.74. The maximum atomic E-state index is 12.4. The van der Waals surface area contributed by atoms with Gasteiger partial charge >= 0.3 is 0 Å². The van der Waals surface area contributed by atoms with Gasteiger partial charge in [-0.15, -0.1) is 5.10 Å². The largest absolute Gasteiger partial charge is 0.366 e. The van der Waals surface area contributed by atoms with Crippen LogP contribution in [0.1, 0.15) is 35.5 Å². The zero-order valence-electron chi connectivity index (χ0n) is 13.9. The Bertz CT molecular complexity index is 887. The molecule has 0 aliphatic heterocycles. The Labute approximate surface area is 139 Å². The van der Waals surface area contributed by atoms with Gasteiger partial charge in [0.1, 0.15) is 0 Å². The summed E-state index contributed by atoms with van der Waals surface area (Å²) in [6, 6.07) is 9.80. The number of anilines is 1. The molecule has 1 unspecified atom stereocenters. The van der Waals surface area contributed by atoms with Crippen molar-refractivity contribution in [2.45, 2.75) is 33.2 Å². The topological polar surface area (TPSA) is 98.2 Å². The van der Waals surface area contributed by atoms with Crippen molar-refractivity contribution >= 4 is 17.6 Å². The molecule has 1 aromatic carbocycles. The fraction of sp³-hybridized carbons (Fsp3) is 0.294. The molecule has 24 heavy (non-hydrogen) atoms. The molecule has 0 saturated heterocycles. The van der Waals surface area contributed by atoms with E-state index in [-0.39, 0.29) is 24.3 Å². The van der Waals surface area contributed by atoms with Crippen molar-refractivity contribution in [1.82, 2.24) is 24.9 Å². The number of fused-ring (bicyclic) bond motifs is 1. The molecule has 0 saturated carbocycles. The number of nitrogens with zero attached hydrogens (tertiary/aromatic N) is 4. The molecule has 0 bridgehead atoms. The van der Waals surface area contributed by atoms with E-state index in [0.717, 1.165) is 22.5 Å². The van der Waals surface area contributed by atoms with Crippen LogP contribution >= 0.6 is 0 Å². The minimum absolute atomic E-state index is 0.0574. The maximum Gasteiger partial charge on any atom is 0.254 e. The van der Waals surface area contributed by atoms with Gasteiger partial charge in [0.15, 0.2) is 0 Å². The predicted molar refractivity (Wildman–Crippen MR) is 91.4 cm³/mol. The third kappa shape index (κ3) is 3.05. The monoisotopic (exact) mass is 324 g/mol. The normalized spacial score (nSPS) is 12.3. The lowest BCUT2D eigenvalue weighted by atomic mass is 10.1. The van der Waals surface area contributed by atoms with Gasteiger partial charge in [0.05, 0.1) is 12.5 Å². The Kier molecular flexibility index (Phi) is 4.16. The van der Waals surface area contributed by atoms with E-state index < -0.39 is 0 Å². The fourth-order valence-corrected chi connectivity index (χ4v) is 2.76. The lowest BCUT2D eigenvalue weighted by Gasteiger charge is -2.15. The van der Waals surface area contributed by atoms with Crippen molar-refractivity contribution < 1.29 is 4.79 Å². The SMILES string of the molecule is Cc1nc2nc(N)nn2c(C)c1CC(=O)NC(C)c1ccccc1. The Morgan fingerprint density at radius 1 is 1.25 bits per heavy atom. The first kappa shape index (κ1) is 15.9. The highest BCUT2D eigenvalue weighted by Crippen LogP contribution is 2.16. The second-order valence-corrected chi connectivity index (χ2v) is 5.82. The smallest absolute Gasteiger partial charge is 0.254 e. The van der Waals surface area contributed by atoms with Crippen LogP contribution < -0.4 is 11.1 Å². The second kappa shape index (κ2) is 6.27. The van der Waals surface area contributed by atoms with E-state index in [1.165, 1.54) is 0 Å². The van der Waals surface area contributed by atoms with E-state index in [2.05, 4.69) is 20.4 Å². The number of hydrogen-bond donors (Lipinski definition) is 2. The number of hydrogen-bond acceptors (Lipinski definition) is 5. The molecule has 3 N–H and O–H groups in total. The molecule has 7 nitrogen and oxygen atoms in total. The molecule has 2 heterocycles. The van der Waals surface area contributed by atoms with Crippen molar-refractivity contribution in [3.8, 4) is 0 Å². The number of nitrogens with one attached hydrogen (secondary N) is 1. The van der Waals surface area contributed by atoms with Crippen molar-refractivity contribution in [3.05, 3.63) is 52.8 Å². The third-order valence-corrected chi connectivity index (χ3v) is 4.08. The van der Waals surface area contributed by atoms with Crippen molar-refractivity contribution in [2.75, 3.05) is 5.73 Å². The van der Waals surface area contributed by atoms with Crippen LogP contribution in [-0.4, -0.2) is 25.5 Å². The van der Waals surface area contributed by atoms with Crippen LogP contribution in [0.15, 0.2) is 30.3 Å². The molecule has 1 atom stereocenters. The minimum Gasteiger partial charge on any atom is -0.366 e. The first-order valence-corrected chi connectivity index (χ1v) is 7.78. The van der Waals surface area contributed by atoms with Gasteiger partial charge in [-0.2, -0.15) is 9.50 Å². The van der Waals surface area contributed by atoms with E-state index in [9.17, 15) is 4.79 Å². The minimum atomic E-state index is -0.0632. The van der Waals surface area contributed by atoms with Crippen LogP contribution in [0.3, 0.4) is 0 Å². The second-order valence-electron chi connectivity index (χ2n) is 5.82. The third-order valence-electron chi connectivity index (χ3n) is 4.08. The molecule has 0 fully saturated rings. The molecule has 0 spiro atoms. The van der Waals surface area contributed by atoms with Gasteiger partial charge in [0.2, 0.25) is 11.9 Å². The fourth-order valence-electron chi connectivity index (χ4n) is 2.76. The van der Waals surface area contributed by atoms with E-state index in [4.69, 9.17) is 5.73 Å². The summed E-state index contributed by atoms with van der Waals surface area (Å²) in [7, 11) is 0. The zero-order valence-corrected chi connectivity index (χ0v) is 13.9. The standard InChI is InChI=1S/C17H20N6O/c1-10(13-7-5-4-6-8-13)19-15(24)9-14-11(2)20-17-21-16(18)22-23(17)12(14)3/h4-8,10H,9H2,1-3H3,(H2,18,22)(H,19,24). The molecular formula is C17H20N6O. The molecule has 1 amide bonds. The number of nitrogens with two attached hydrogens (primary N) is 1. The van der Waals surface area contributed by atoms with E-state index in [0.29, 0.717) is 5.78 Å². The summed E-state index contributed by atoms with van der Waals surface area (Å²) in [5, 5.41) is 7.14. The summed E-state index contributed by atoms with van der Waals surface area (Å²) in [4.78, 5) is 20.9. The van der Waals surface area contributed by atoms with Gasteiger partial charge in [-0.1, -0.05) is 30.3 Å². The van der Waals surface area contributed by atoms with Crippen LogP contribution in [0.4, 0.5) is 5.95 Å². The molecule has 0 aliphatic rings. The van der Waals surface area contributed by atoms with E-state index >= 15 is 0 Å². The van der Waals surface area contributed by atoms with Gasteiger partial charge in [0.25, 0.3) is 5.78 Å². The molecule has 124 valence electrons. The molecule has 3 aromatic rings. The first-order valence-electron chi connectivity index (χ1n) is 7.78. The van der Waals surface area contributed by atoms with E-state index in [1.54, 1.807) is 4.52 Å². The summed E-state index contributed by atoms with van der Waals surface area (Å²) < 4.78 is 1.57. The van der Waals surface area contributed by atoms with Crippen LogP contribution in [0.2, 0.25) is 0 Å². The number of rotatable bonds is 4. The Hall–Kier alpha value is -2.96. The highest BCUT2D eigenvalue weighted by atomic mass is 16.1. The van der Waals surface area contributed by atoms with E-state index in [1.807, 2.05) is 51.1 Å². The van der Waals surface area contributed by atoms with Gasteiger partial charge in [-0.25, -0.2) is 4.98 Å². The lowest BCUT2D eigenvalue weighted by Crippen LogP contribution is -2.29. The van der Waals surface area contributed by atoms with Gasteiger partial charge in [-0.05, 0) is 26.3 Å². The molecular weight excluding hydrogens is 304 g/mol. The lowest BCUT2D eigenvalue weighted by molar-refractivity contribution is -0.121. The first-order chi connectivity index (χ1) is 11.5. The van der Waals surface area contributed by atoms with Crippen LogP contribution in [0.5, 0.6) is 0 Å². The molecule has 7 heteroatoms. The van der Waals surface area contributed by atoms with Gasteiger partial charge in [-0.3, -0.25) is 4.79 Å². The average molecular weight is 324 g/mol. The summed E-state index contributed by atoms with van der Waals surface area (Å²) in [6.45, 7) is 5.71. The number of carbonyl (C=O) groups excluding carboxylic acids is 1. The number of carbonyl (C=O) groups is 1. The zero-order chi connectivity index (χ0) is 17.3. The number of aryl methyl sites for hydroxylation is 2. The quantitative estimate of drug-likeness (QED) is 0.762. The average Bonchev–Trinajstić information content (AvgIpc) is 2.92. The number of nitrogen functional groups attached to an aromatic ring is 1. The number of aromatic nitrogens is 4. The van der Waals surface area contributed by atoms with Crippen molar-refractivity contribution in [3.63, 3.8) is 0 Å². The van der Waals surface area contributed by atoms with Crippen molar-refractivity contribution in [1.29, 1.82) is 0 Å². The molecule has 3 rings (SSSR count). The van der Waals surface area contributed by atoms with Crippen molar-refractivity contribution in [2.24, 2.45) is 0 Å². The Balaban J connectivity index is 1.80. The number of benzene rings is 1. The molecule has 0 radical (unpaired) electrons. The number of amides is 1.